The minimum absolute atomic E-state index is 0.130. The zero-order valence-corrected chi connectivity index (χ0v) is 9.81. The molecule has 0 saturated carbocycles. The second-order valence-corrected chi connectivity index (χ2v) is 4.47. The maximum Gasteiger partial charge on any atom is 0.0594 e. The van der Waals surface area contributed by atoms with Crippen LogP contribution in [-0.4, -0.2) is 17.7 Å². The third-order valence-electron chi connectivity index (χ3n) is 3.30. The Hall–Kier alpha value is -0.970. The summed E-state index contributed by atoms with van der Waals surface area (Å²) in [6, 6.07) is 2.26. The minimum atomic E-state index is 0.130. The van der Waals surface area contributed by atoms with E-state index in [-0.39, 0.29) is 12.1 Å². The van der Waals surface area contributed by atoms with Crippen LogP contribution in [0.5, 0.6) is 0 Å². The van der Waals surface area contributed by atoms with E-state index in [0.29, 0.717) is 5.92 Å². The summed E-state index contributed by atoms with van der Waals surface area (Å²) in [6.45, 7) is 4.97. The van der Waals surface area contributed by atoms with Crippen molar-refractivity contribution < 1.29 is 4.74 Å². The Morgan fingerprint density at radius 2 is 2.38 bits per heavy atom. The number of nitrogens with two attached hydrogens (primary N) is 1. The van der Waals surface area contributed by atoms with Gasteiger partial charge in [-0.3, -0.25) is 16.3 Å². The van der Waals surface area contributed by atoms with E-state index < -0.39 is 0 Å². The second kappa shape index (κ2) is 4.91. The Kier molecular flexibility index (Phi) is 3.53. The standard InChI is InChI=1S/C12H19N3O/c1-8-5-10(7-14-6-8)12(15-13)11-3-4-16-9(11)2/h5-7,9,11-12,15H,3-4,13H2,1-2H3. The molecule has 2 rings (SSSR count). The number of rotatable bonds is 3. The molecular formula is C12H19N3O. The number of nitrogens with zero attached hydrogens (tertiary/aromatic N) is 1. The first-order chi connectivity index (χ1) is 7.72. The molecular weight excluding hydrogens is 202 g/mol. The third kappa shape index (κ3) is 2.24. The molecule has 0 spiro atoms. The highest BCUT2D eigenvalue weighted by Crippen LogP contribution is 2.32. The van der Waals surface area contributed by atoms with Crippen molar-refractivity contribution in [2.24, 2.45) is 11.8 Å². The molecule has 4 heteroatoms. The lowest BCUT2D eigenvalue weighted by Gasteiger charge is -2.25. The largest absolute Gasteiger partial charge is 0.378 e. The van der Waals surface area contributed by atoms with Crippen molar-refractivity contribution in [1.29, 1.82) is 0 Å². The molecule has 1 aromatic rings. The lowest BCUT2D eigenvalue weighted by molar-refractivity contribution is 0.0953. The molecule has 0 amide bonds. The summed E-state index contributed by atoms with van der Waals surface area (Å²) in [7, 11) is 0. The van der Waals surface area contributed by atoms with Crippen molar-refractivity contribution in [1.82, 2.24) is 10.4 Å². The molecule has 88 valence electrons. The van der Waals surface area contributed by atoms with Crippen molar-refractivity contribution in [2.45, 2.75) is 32.4 Å². The first-order valence-corrected chi connectivity index (χ1v) is 5.71. The van der Waals surface area contributed by atoms with E-state index >= 15 is 0 Å². The average Bonchev–Trinajstić information content (AvgIpc) is 2.67. The monoisotopic (exact) mass is 221 g/mol. The van der Waals surface area contributed by atoms with Crippen LogP contribution in [0.1, 0.15) is 30.5 Å². The summed E-state index contributed by atoms with van der Waals surface area (Å²) in [5, 5.41) is 0. The van der Waals surface area contributed by atoms with Gasteiger partial charge in [0.05, 0.1) is 12.1 Å². The van der Waals surface area contributed by atoms with E-state index in [2.05, 4.69) is 23.4 Å². The van der Waals surface area contributed by atoms with Crippen LogP contribution in [0.15, 0.2) is 18.5 Å². The van der Waals surface area contributed by atoms with Crippen LogP contribution < -0.4 is 11.3 Å². The highest BCUT2D eigenvalue weighted by atomic mass is 16.5. The van der Waals surface area contributed by atoms with Crippen LogP contribution in [0.25, 0.3) is 0 Å². The smallest absolute Gasteiger partial charge is 0.0594 e. The maximum atomic E-state index is 5.66. The first-order valence-electron chi connectivity index (χ1n) is 5.71. The lowest BCUT2D eigenvalue weighted by Crippen LogP contribution is -2.36. The number of ether oxygens (including phenoxy) is 1. The van der Waals surface area contributed by atoms with Gasteiger partial charge in [0.25, 0.3) is 0 Å². The zero-order valence-electron chi connectivity index (χ0n) is 9.81. The molecule has 1 aromatic heterocycles. The Labute approximate surface area is 96.2 Å². The van der Waals surface area contributed by atoms with Gasteiger partial charge in [-0.2, -0.15) is 0 Å². The van der Waals surface area contributed by atoms with Gasteiger partial charge < -0.3 is 4.74 Å². The number of nitrogens with one attached hydrogen (secondary N) is 1. The van der Waals surface area contributed by atoms with Crippen molar-refractivity contribution in [2.75, 3.05) is 6.61 Å². The summed E-state index contributed by atoms with van der Waals surface area (Å²) in [5.74, 6) is 6.09. The van der Waals surface area contributed by atoms with E-state index in [1.54, 1.807) is 0 Å². The van der Waals surface area contributed by atoms with Crippen LogP contribution in [0, 0.1) is 12.8 Å². The fraction of sp³-hybridized carbons (Fsp3) is 0.583. The summed E-state index contributed by atoms with van der Waals surface area (Å²) >= 11 is 0. The molecule has 1 fully saturated rings. The minimum Gasteiger partial charge on any atom is -0.378 e. The van der Waals surface area contributed by atoms with Crippen molar-refractivity contribution in [3.8, 4) is 0 Å². The molecule has 3 atom stereocenters. The van der Waals surface area contributed by atoms with Gasteiger partial charge >= 0.3 is 0 Å². The Morgan fingerprint density at radius 1 is 1.56 bits per heavy atom. The molecule has 1 aliphatic heterocycles. The number of pyridine rings is 1. The molecule has 3 unspecified atom stereocenters. The van der Waals surface area contributed by atoms with Crippen LogP contribution >= 0.6 is 0 Å². The molecule has 3 N–H and O–H groups in total. The molecule has 1 saturated heterocycles. The van der Waals surface area contributed by atoms with Crippen molar-refractivity contribution >= 4 is 0 Å². The Morgan fingerprint density at radius 3 is 2.94 bits per heavy atom. The molecule has 0 aromatic carbocycles. The quantitative estimate of drug-likeness (QED) is 0.597. The molecule has 16 heavy (non-hydrogen) atoms. The second-order valence-electron chi connectivity index (χ2n) is 4.47. The molecule has 1 aliphatic rings. The molecule has 2 heterocycles. The Balaban J connectivity index is 2.21. The average molecular weight is 221 g/mol. The summed E-state index contributed by atoms with van der Waals surface area (Å²) in [5.41, 5.74) is 5.20. The van der Waals surface area contributed by atoms with Gasteiger partial charge in [-0.05, 0) is 31.4 Å². The molecule has 4 nitrogen and oxygen atoms in total. The highest BCUT2D eigenvalue weighted by molar-refractivity contribution is 5.21. The van der Waals surface area contributed by atoms with Crippen LogP contribution in [0.3, 0.4) is 0 Å². The van der Waals surface area contributed by atoms with E-state index in [9.17, 15) is 0 Å². The van der Waals surface area contributed by atoms with Crippen LogP contribution in [-0.2, 0) is 4.74 Å². The highest BCUT2D eigenvalue weighted by Gasteiger charge is 2.32. The number of aryl methyl sites for hydroxylation is 1. The maximum absolute atomic E-state index is 5.66. The number of hydrogen-bond acceptors (Lipinski definition) is 4. The van der Waals surface area contributed by atoms with Crippen molar-refractivity contribution in [3.05, 3.63) is 29.6 Å². The van der Waals surface area contributed by atoms with Gasteiger partial charge in [0.2, 0.25) is 0 Å². The van der Waals surface area contributed by atoms with E-state index in [1.807, 2.05) is 19.3 Å². The van der Waals surface area contributed by atoms with Gasteiger partial charge in [-0.25, -0.2) is 0 Å². The normalized spacial score (nSPS) is 26.9. The topological polar surface area (TPSA) is 60.2 Å². The van der Waals surface area contributed by atoms with Crippen LogP contribution in [0.4, 0.5) is 0 Å². The molecule has 0 radical (unpaired) electrons. The van der Waals surface area contributed by atoms with Gasteiger partial charge in [-0.1, -0.05) is 6.07 Å². The first kappa shape index (κ1) is 11.5. The number of hydrogen-bond donors (Lipinski definition) is 2. The summed E-state index contributed by atoms with van der Waals surface area (Å²) < 4.78 is 5.58. The lowest BCUT2D eigenvalue weighted by atomic mass is 9.89. The third-order valence-corrected chi connectivity index (χ3v) is 3.30. The van der Waals surface area contributed by atoms with Gasteiger partial charge in [0.15, 0.2) is 0 Å². The fourth-order valence-corrected chi connectivity index (χ4v) is 2.40. The van der Waals surface area contributed by atoms with Crippen molar-refractivity contribution in [3.63, 3.8) is 0 Å². The Bertz CT molecular complexity index is 356. The zero-order chi connectivity index (χ0) is 11.5. The predicted octanol–water partition coefficient (Wildman–Crippen LogP) is 1.32. The van der Waals surface area contributed by atoms with E-state index in [4.69, 9.17) is 10.6 Å². The predicted molar refractivity (Wildman–Crippen MR) is 62.6 cm³/mol. The van der Waals surface area contributed by atoms with E-state index in [1.165, 1.54) is 0 Å². The number of aromatic nitrogens is 1. The fourth-order valence-electron chi connectivity index (χ4n) is 2.40. The van der Waals surface area contributed by atoms with E-state index in [0.717, 1.165) is 24.2 Å². The SMILES string of the molecule is Cc1cncc(C(NN)C2CCOC2C)c1. The van der Waals surface area contributed by atoms with Gasteiger partial charge in [-0.15, -0.1) is 0 Å². The number of hydrazine groups is 1. The van der Waals surface area contributed by atoms with Gasteiger partial charge in [0, 0.05) is 24.9 Å². The molecule has 0 bridgehead atoms. The summed E-state index contributed by atoms with van der Waals surface area (Å²) in [6.07, 6.45) is 5.03. The van der Waals surface area contributed by atoms with Crippen LogP contribution in [0.2, 0.25) is 0 Å². The van der Waals surface area contributed by atoms with Gasteiger partial charge in [0.1, 0.15) is 0 Å². The molecule has 0 aliphatic carbocycles. The summed E-state index contributed by atoms with van der Waals surface area (Å²) in [4.78, 5) is 4.21.